The summed E-state index contributed by atoms with van der Waals surface area (Å²) in [5, 5.41) is 17.2. The van der Waals surface area contributed by atoms with Gasteiger partial charge in [0, 0.05) is 29.2 Å². The number of carbonyl (C=O) groups is 1. The minimum Gasteiger partial charge on any atom is -0.481 e. The molecule has 0 radical (unpaired) electrons. The highest BCUT2D eigenvalue weighted by atomic mass is 32.2. The van der Waals surface area contributed by atoms with Crippen molar-refractivity contribution in [1.82, 2.24) is 0 Å². The largest absolute Gasteiger partial charge is 0.481 e. The number of carboxylic acid groups (broad SMARTS) is 1. The van der Waals surface area contributed by atoms with Crippen molar-refractivity contribution >= 4 is 16.8 Å². The van der Waals surface area contributed by atoms with E-state index >= 15 is 0 Å². The number of aliphatic hydroxyl groups is 1. The molecule has 2 unspecified atom stereocenters. The summed E-state index contributed by atoms with van der Waals surface area (Å²) < 4.78 is 10.5. The van der Waals surface area contributed by atoms with E-state index in [9.17, 15) is 9.00 Å². The van der Waals surface area contributed by atoms with Crippen LogP contribution in [0.15, 0.2) is 0 Å². The number of carboxylic acids is 1. The average molecular weight is 180 g/mol. The predicted molar refractivity (Wildman–Crippen MR) is 41.8 cm³/mol. The summed E-state index contributed by atoms with van der Waals surface area (Å²) in [6, 6.07) is 0. The lowest BCUT2D eigenvalue weighted by Gasteiger charge is -2.05. The first kappa shape index (κ1) is 10.6. The molecule has 0 saturated carbocycles. The Morgan fingerprint density at radius 1 is 1.64 bits per heavy atom. The molecule has 5 heteroatoms. The Hall–Kier alpha value is -0.420. The Morgan fingerprint density at radius 2 is 2.18 bits per heavy atom. The molecule has 0 aliphatic heterocycles. The average Bonchev–Trinajstić information content (AvgIpc) is 1.82. The predicted octanol–water partition coefficient (Wildman–Crippen LogP) is -0.409. The van der Waals surface area contributed by atoms with Crippen LogP contribution >= 0.6 is 0 Å². The summed E-state index contributed by atoms with van der Waals surface area (Å²) in [5.41, 5.74) is 0. The van der Waals surface area contributed by atoms with Crippen LogP contribution in [0.2, 0.25) is 0 Å². The van der Waals surface area contributed by atoms with Crippen LogP contribution in [0.5, 0.6) is 0 Å². The van der Waals surface area contributed by atoms with Crippen LogP contribution in [-0.2, 0) is 15.6 Å². The minimum absolute atomic E-state index is 0.0711. The van der Waals surface area contributed by atoms with Crippen LogP contribution in [0, 0.1) is 0 Å². The van der Waals surface area contributed by atoms with Gasteiger partial charge in [0.1, 0.15) is 0 Å². The molecule has 0 rings (SSSR count). The van der Waals surface area contributed by atoms with Gasteiger partial charge in [-0.3, -0.25) is 9.00 Å². The maximum atomic E-state index is 10.5. The van der Waals surface area contributed by atoms with Gasteiger partial charge in [0.25, 0.3) is 0 Å². The van der Waals surface area contributed by atoms with Crippen molar-refractivity contribution in [3.05, 3.63) is 0 Å². The molecule has 0 heterocycles. The molecule has 66 valence electrons. The highest BCUT2D eigenvalue weighted by Gasteiger charge is 2.08. The lowest BCUT2D eigenvalue weighted by Crippen LogP contribution is -2.17. The van der Waals surface area contributed by atoms with Crippen LogP contribution < -0.4 is 0 Å². The molecule has 0 saturated heterocycles. The smallest absolute Gasteiger partial charge is 0.303 e. The van der Waals surface area contributed by atoms with E-state index < -0.39 is 22.9 Å². The third-order valence-electron chi connectivity index (χ3n) is 1.12. The second-order valence-corrected chi connectivity index (χ2v) is 3.81. The van der Waals surface area contributed by atoms with Gasteiger partial charge in [0.2, 0.25) is 0 Å². The van der Waals surface area contributed by atoms with E-state index in [2.05, 4.69) is 0 Å². The van der Waals surface area contributed by atoms with Gasteiger partial charge in [0.05, 0.1) is 6.10 Å². The molecule has 0 bridgehead atoms. The van der Waals surface area contributed by atoms with Crippen LogP contribution in [0.25, 0.3) is 0 Å². The molecule has 0 aromatic heterocycles. The Morgan fingerprint density at radius 3 is 2.55 bits per heavy atom. The molecule has 0 aliphatic rings. The molecule has 0 aliphatic carbocycles. The van der Waals surface area contributed by atoms with Crippen molar-refractivity contribution in [2.75, 3.05) is 12.0 Å². The van der Waals surface area contributed by atoms with Crippen LogP contribution in [0.3, 0.4) is 0 Å². The molecule has 2 atom stereocenters. The number of hydrogen-bond donors (Lipinski definition) is 2. The van der Waals surface area contributed by atoms with Crippen molar-refractivity contribution in [3.63, 3.8) is 0 Å². The lowest BCUT2D eigenvalue weighted by atomic mass is 10.2. The van der Waals surface area contributed by atoms with Crippen molar-refractivity contribution < 1.29 is 19.2 Å². The quantitative estimate of drug-likeness (QED) is 0.603. The Balaban J connectivity index is 3.44. The fourth-order valence-corrected chi connectivity index (χ4v) is 1.35. The number of rotatable bonds is 5. The molecular weight excluding hydrogens is 168 g/mol. The zero-order valence-electron chi connectivity index (χ0n) is 6.32. The molecule has 0 fully saturated rings. The highest BCUT2D eigenvalue weighted by molar-refractivity contribution is 7.84. The molecular formula is C6H12O4S. The maximum Gasteiger partial charge on any atom is 0.303 e. The number of aliphatic carboxylic acids is 1. The van der Waals surface area contributed by atoms with Crippen molar-refractivity contribution in [2.24, 2.45) is 0 Å². The van der Waals surface area contributed by atoms with Crippen molar-refractivity contribution in [1.29, 1.82) is 0 Å². The van der Waals surface area contributed by atoms with E-state index in [4.69, 9.17) is 10.2 Å². The molecule has 0 aromatic carbocycles. The van der Waals surface area contributed by atoms with E-state index in [1.54, 1.807) is 0 Å². The van der Waals surface area contributed by atoms with Gasteiger partial charge in [-0.05, 0) is 6.42 Å². The summed E-state index contributed by atoms with van der Waals surface area (Å²) in [7, 11) is -1.05. The Labute approximate surface area is 67.7 Å². The molecule has 0 amide bonds. The third kappa shape index (κ3) is 7.48. The van der Waals surface area contributed by atoms with E-state index in [1.165, 1.54) is 6.26 Å². The molecule has 0 spiro atoms. The van der Waals surface area contributed by atoms with Crippen molar-refractivity contribution in [2.45, 2.75) is 18.9 Å². The summed E-state index contributed by atoms with van der Waals surface area (Å²) in [4.78, 5) is 10.0. The monoisotopic (exact) mass is 180 g/mol. The van der Waals surface area contributed by atoms with Gasteiger partial charge < -0.3 is 10.2 Å². The van der Waals surface area contributed by atoms with Gasteiger partial charge in [-0.15, -0.1) is 0 Å². The van der Waals surface area contributed by atoms with E-state index in [1.807, 2.05) is 0 Å². The summed E-state index contributed by atoms with van der Waals surface area (Å²) in [6.07, 6.45) is 0.828. The van der Waals surface area contributed by atoms with Gasteiger partial charge in [-0.2, -0.15) is 0 Å². The number of hydrogen-bond acceptors (Lipinski definition) is 3. The topological polar surface area (TPSA) is 74.6 Å². The molecule has 11 heavy (non-hydrogen) atoms. The molecule has 4 nitrogen and oxygen atoms in total. The third-order valence-corrected chi connectivity index (χ3v) is 1.97. The second kappa shape index (κ2) is 5.26. The molecule has 2 N–H and O–H groups in total. The highest BCUT2D eigenvalue weighted by Crippen LogP contribution is 1.97. The number of aliphatic hydroxyl groups excluding tert-OH is 1. The zero-order chi connectivity index (χ0) is 8.85. The Kier molecular flexibility index (Phi) is 5.06. The van der Waals surface area contributed by atoms with Crippen LogP contribution in [0.1, 0.15) is 12.8 Å². The normalized spacial score (nSPS) is 15.8. The van der Waals surface area contributed by atoms with E-state index in [-0.39, 0.29) is 18.6 Å². The first-order valence-electron chi connectivity index (χ1n) is 3.22. The van der Waals surface area contributed by atoms with Gasteiger partial charge in [0.15, 0.2) is 0 Å². The summed E-state index contributed by atoms with van der Waals surface area (Å²) in [6.45, 7) is 0. The SMILES string of the molecule is CS(=O)CC(O)CCC(=O)O. The standard InChI is InChI=1S/C6H12O4S/c1-11(10)4-5(7)2-3-6(8)9/h5,7H,2-4H2,1H3,(H,8,9). The molecule has 0 aromatic rings. The summed E-state index contributed by atoms with van der Waals surface area (Å²) in [5.74, 6) is -0.779. The zero-order valence-corrected chi connectivity index (χ0v) is 7.13. The second-order valence-electron chi connectivity index (χ2n) is 2.33. The van der Waals surface area contributed by atoms with Crippen molar-refractivity contribution in [3.8, 4) is 0 Å². The fourth-order valence-electron chi connectivity index (χ4n) is 0.644. The van der Waals surface area contributed by atoms with Gasteiger partial charge >= 0.3 is 5.97 Å². The first-order chi connectivity index (χ1) is 5.02. The van der Waals surface area contributed by atoms with Gasteiger partial charge in [-0.1, -0.05) is 0 Å². The van der Waals surface area contributed by atoms with Gasteiger partial charge in [-0.25, -0.2) is 0 Å². The maximum absolute atomic E-state index is 10.5. The fraction of sp³-hybridized carbons (Fsp3) is 0.833. The minimum atomic E-state index is -1.05. The first-order valence-corrected chi connectivity index (χ1v) is 4.95. The van der Waals surface area contributed by atoms with E-state index in [0.29, 0.717) is 0 Å². The van der Waals surface area contributed by atoms with Crippen LogP contribution in [0.4, 0.5) is 0 Å². The van der Waals surface area contributed by atoms with E-state index in [0.717, 1.165) is 0 Å². The lowest BCUT2D eigenvalue weighted by molar-refractivity contribution is -0.137. The van der Waals surface area contributed by atoms with Crippen LogP contribution in [-0.4, -0.2) is 38.5 Å². The Bertz CT molecular complexity index is 157. The summed E-state index contributed by atoms with van der Waals surface area (Å²) >= 11 is 0.